The van der Waals surface area contributed by atoms with Gasteiger partial charge in [0.1, 0.15) is 10.8 Å². The summed E-state index contributed by atoms with van der Waals surface area (Å²) in [7, 11) is 0. The summed E-state index contributed by atoms with van der Waals surface area (Å²) in [4.78, 5) is 10.5. The number of halogens is 2. The maximum absolute atomic E-state index is 6.01. The summed E-state index contributed by atoms with van der Waals surface area (Å²) in [6.45, 7) is 3.32. The van der Waals surface area contributed by atoms with Gasteiger partial charge in [-0.05, 0) is 43.3 Å². The molecule has 0 bridgehead atoms. The van der Waals surface area contributed by atoms with Crippen LogP contribution in [0.15, 0.2) is 6.20 Å². The van der Waals surface area contributed by atoms with Crippen LogP contribution in [0, 0.1) is 5.92 Å². The van der Waals surface area contributed by atoms with Crippen LogP contribution in [0.5, 0.6) is 0 Å². The van der Waals surface area contributed by atoms with Crippen molar-refractivity contribution in [3.05, 3.63) is 16.5 Å². The molecule has 1 unspecified atom stereocenters. The number of nitrogens with one attached hydrogen (secondary N) is 1. The van der Waals surface area contributed by atoms with Crippen molar-refractivity contribution in [2.24, 2.45) is 5.92 Å². The van der Waals surface area contributed by atoms with E-state index >= 15 is 0 Å². The molecule has 1 saturated carbocycles. The second-order valence-corrected chi connectivity index (χ2v) is 5.84. The number of rotatable bonds is 4. The Labute approximate surface area is 117 Å². The molecule has 4 nitrogen and oxygen atoms in total. The molecule has 1 aliphatic heterocycles. The van der Waals surface area contributed by atoms with E-state index in [1.807, 2.05) is 0 Å². The molecule has 1 aromatic heterocycles. The molecule has 0 aromatic carbocycles. The maximum Gasteiger partial charge on any atom is 0.224 e. The summed E-state index contributed by atoms with van der Waals surface area (Å²) in [6, 6.07) is 0.868. The van der Waals surface area contributed by atoms with E-state index in [-0.39, 0.29) is 5.28 Å². The van der Waals surface area contributed by atoms with Crippen LogP contribution in [0.3, 0.4) is 0 Å². The number of anilines is 1. The quantitative estimate of drug-likeness (QED) is 0.864. The number of nitrogens with zero attached hydrogens (tertiary/aromatic N) is 3. The molecule has 0 spiro atoms. The van der Waals surface area contributed by atoms with Crippen LogP contribution in [-0.2, 0) is 0 Å². The van der Waals surface area contributed by atoms with Gasteiger partial charge in [0, 0.05) is 19.1 Å². The lowest BCUT2D eigenvalue weighted by molar-refractivity contribution is 0.316. The average Bonchev–Trinajstić information content (AvgIpc) is 3.10. The molecular weight excluding hydrogens is 271 g/mol. The van der Waals surface area contributed by atoms with E-state index in [1.54, 1.807) is 0 Å². The Hall–Kier alpha value is -0.580. The topological polar surface area (TPSA) is 41.1 Å². The summed E-state index contributed by atoms with van der Waals surface area (Å²) in [5.41, 5.74) is 0. The molecule has 6 heteroatoms. The Kier molecular flexibility index (Phi) is 3.59. The second-order valence-electron chi connectivity index (χ2n) is 5.10. The minimum absolute atomic E-state index is 0.230. The van der Waals surface area contributed by atoms with Crippen molar-refractivity contribution in [2.75, 3.05) is 25.0 Å². The second kappa shape index (κ2) is 5.19. The lowest BCUT2D eigenvalue weighted by Crippen LogP contribution is -2.25. The van der Waals surface area contributed by atoms with Gasteiger partial charge in [-0.2, -0.15) is 4.98 Å². The number of aromatic nitrogens is 2. The van der Waals surface area contributed by atoms with E-state index in [0.29, 0.717) is 16.8 Å². The average molecular weight is 287 g/mol. The molecule has 98 valence electrons. The maximum atomic E-state index is 6.01. The van der Waals surface area contributed by atoms with Crippen molar-refractivity contribution < 1.29 is 0 Å². The Morgan fingerprint density at radius 2 is 2.17 bits per heavy atom. The van der Waals surface area contributed by atoms with E-state index in [2.05, 4.69) is 20.2 Å². The fourth-order valence-electron chi connectivity index (χ4n) is 2.51. The minimum Gasteiger partial charge on any atom is -0.368 e. The summed E-state index contributed by atoms with van der Waals surface area (Å²) in [6.07, 6.45) is 5.55. The lowest BCUT2D eigenvalue weighted by Gasteiger charge is -2.15. The van der Waals surface area contributed by atoms with Gasteiger partial charge in [0.25, 0.3) is 0 Å². The van der Waals surface area contributed by atoms with E-state index in [0.717, 1.165) is 12.6 Å². The Balaban J connectivity index is 1.53. The molecule has 1 aromatic rings. The zero-order valence-electron chi connectivity index (χ0n) is 10.1. The standard InChI is InChI=1S/C12H16Cl2N4/c13-10-6-16-12(14)17-11(10)15-5-8-3-4-18(7-8)9-1-2-9/h6,8-9H,1-5,7H2,(H,15,16,17). The number of hydrogen-bond acceptors (Lipinski definition) is 4. The fraction of sp³-hybridized carbons (Fsp3) is 0.667. The molecule has 1 saturated heterocycles. The molecule has 18 heavy (non-hydrogen) atoms. The third-order valence-electron chi connectivity index (χ3n) is 3.65. The molecule has 1 aliphatic carbocycles. The SMILES string of the molecule is Clc1ncc(Cl)c(NCC2CCN(C3CC3)C2)n1. The van der Waals surface area contributed by atoms with Crippen LogP contribution in [0.25, 0.3) is 0 Å². The molecule has 2 heterocycles. The van der Waals surface area contributed by atoms with Crippen molar-refractivity contribution in [1.82, 2.24) is 14.9 Å². The summed E-state index contributed by atoms with van der Waals surface area (Å²) in [5, 5.41) is 4.04. The number of likely N-dealkylation sites (tertiary alicyclic amines) is 1. The van der Waals surface area contributed by atoms with Gasteiger partial charge in [-0.15, -0.1) is 0 Å². The first-order valence-corrected chi connectivity index (χ1v) is 7.14. The summed E-state index contributed by atoms with van der Waals surface area (Å²) >= 11 is 11.8. The molecular formula is C12H16Cl2N4. The predicted octanol–water partition coefficient (Wildman–Crippen LogP) is 2.68. The highest BCUT2D eigenvalue weighted by atomic mass is 35.5. The van der Waals surface area contributed by atoms with Gasteiger partial charge < -0.3 is 10.2 Å². The predicted molar refractivity (Wildman–Crippen MR) is 73.2 cm³/mol. The highest BCUT2D eigenvalue weighted by Crippen LogP contribution is 2.32. The zero-order chi connectivity index (χ0) is 12.5. The van der Waals surface area contributed by atoms with Crippen LogP contribution in [-0.4, -0.2) is 40.5 Å². The van der Waals surface area contributed by atoms with E-state index in [9.17, 15) is 0 Å². The van der Waals surface area contributed by atoms with Crippen molar-refractivity contribution in [2.45, 2.75) is 25.3 Å². The normalized spacial score (nSPS) is 24.4. The Bertz CT molecular complexity index is 436. The largest absolute Gasteiger partial charge is 0.368 e. The van der Waals surface area contributed by atoms with Crippen LogP contribution >= 0.6 is 23.2 Å². The lowest BCUT2D eigenvalue weighted by atomic mass is 10.1. The highest BCUT2D eigenvalue weighted by Gasteiger charge is 2.34. The minimum atomic E-state index is 0.230. The van der Waals surface area contributed by atoms with E-state index < -0.39 is 0 Å². The molecule has 1 atom stereocenters. The van der Waals surface area contributed by atoms with Gasteiger partial charge in [-0.1, -0.05) is 11.6 Å². The monoisotopic (exact) mass is 286 g/mol. The van der Waals surface area contributed by atoms with Crippen LogP contribution in [0.1, 0.15) is 19.3 Å². The van der Waals surface area contributed by atoms with Crippen LogP contribution in [0.4, 0.5) is 5.82 Å². The van der Waals surface area contributed by atoms with Crippen LogP contribution in [0.2, 0.25) is 10.3 Å². The molecule has 0 amide bonds. The molecule has 1 N–H and O–H groups in total. The first kappa shape index (κ1) is 12.5. The summed E-state index contributed by atoms with van der Waals surface area (Å²) < 4.78 is 0. The van der Waals surface area contributed by atoms with Crippen molar-refractivity contribution in [3.8, 4) is 0 Å². The first-order valence-electron chi connectivity index (χ1n) is 6.38. The van der Waals surface area contributed by atoms with Gasteiger partial charge in [-0.25, -0.2) is 4.98 Å². The van der Waals surface area contributed by atoms with Gasteiger partial charge in [0.15, 0.2) is 0 Å². The number of hydrogen-bond donors (Lipinski definition) is 1. The van der Waals surface area contributed by atoms with Gasteiger partial charge >= 0.3 is 0 Å². The van der Waals surface area contributed by atoms with Crippen molar-refractivity contribution >= 4 is 29.0 Å². The Morgan fingerprint density at radius 1 is 1.33 bits per heavy atom. The highest BCUT2D eigenvalue weighted by molar-refractivity contribution is 6.33. The van der Waals surface area contributed by atoms with E-state index in [4.69, 9.17) is 23.2 Å². The smallest absolute Gasteiger partial charge is 0.224 e. The van der Waals surface area contributed by atoms with E-state index in [1.165, 1.54) is 38.5 Å². The van der Waals surface area contributed by atoms with Crippen molar-refractivity contribution in [1.29, 1.82) is 0 Å². The van der Waals surface area contributed by atoms with Gasteiger partial charge in [-0.3, -0.25) is 0 Å². The molecule has 3 rings (SSSR count). The van der Waals surface area contributed by atoms with Gasteiger partial charge in [0.2, 0.25) is 5.28 Å². The first-order chi connectivity index (χ1) is 8.72. The van der Waals surface area contributed by atoms with Crippen LogP contribution < -0.4 is 5.32 Å². The third kappa shape index (κ3) is 2.87. The zero-order valence-corrected chi connectivity index (χ0v) is 11.6. The van der Waals surface area contributed by atoms with Crippen molar-refractivity contribution in [3.63, 3.8) is 0 Å². The van der Waals surface area contributed by atoms with Gasteiger partial charge in [0.05, 0.1) is 6.20 Å². The molecule has 2 aliphatic rings. The Morgan fingerprint density at radius 3 is 2.94 bits per heavy atom. The molecule has 0 radical (unpaired) electrons. The third-order valence-corrected chi connectivity index (χ3v) is 4.11. The molecule has 2 fully saturated rings. The fourth-order valence-corrected chi connectivity index (χ4v) is 2.80. The summed E-state index contributed by atoms with van der Waals surface area (Å²) in [5.74, 6) is 1.32.